The molecule has 1 atom stereocenters. The van der Waals surface area contributed by atoms with E-state index >= 15 is 0 Å². The average Bonchev–Trinajstić information content (AvgIpc) is 3.24. The zero-order valence-electron chi connectivity index (χ0n) is 11.8. The first-order valence-electron chi connectivity index (χ1n) is 7.08. The molecule has 0 bridgehead atoms. The number of benzene rings is 1. The first kappa shape index (κ1) is 14.5. The SMILES string of the molecule is O=C1CC(N(C(=O)COc2ccccc2F)C2CC2)C(=O)N1. The van der Waals surface area contributed by atoms with Crippen molar-refractivity contribution in [3.05, 3.63) is 30.1 Å². The number of amides is 3. The molecular formula is C15H15FN2O4. The van der Waals surface area contributed by atoms with Crippen molar-refractivity contribution in [2.45, 2.75) is 31.3 Å². The smallest absolute Gasteiger partial charge is 0.261 e. The summed E-state index contributed by atoms with van der Waals surface area (Å²) in [6, 6.07) is 4.96. The molecule has 0 spiro atoms. The van der Waals surface area contributed by atoms with E-state index in [0.717, 1.165) is 12.8 Å². The summed E-state index contributed by atoms with van der Waals surface area (Å²) < 4.78 is 18.7. The molecule has 6 nitrogen and oxygen atoms in total. The van der Waals surface area contributed by atoms with Crippen molar-refractivity contribution < 1.29 is 23.5 Å². The Morgan fingerprint density at radius 3 is 2.64 bits per heavy atom. The van der Waals surface area contributed by atoms with E-state index in [2.05, 4.69) is 5.32 Å². The van der Waals surface area contributed by atoms with Gasteiger partial charge in [0.15, 0.2) is 18.2 Å². The minimum atomic E-state index is -0.781. The molecule has 0 aromatic heterocycles. The number of rotatable bonds is 5. The Labute approximate surface area is 126 Å². The number of carbonyl (C=O) groups excluding carboxylic acids is 3. The largest absolute Gasteiger partial charge is 0.481 e. The lowest BCUT2D eigenvalue weighted by Crippen LogP contribution is -2.47. The van der Waals surface area contributed by atoms with Crippen molar-refractivity contribution >= 4 is 17.7 Å². The van der Waals surface area contributed by atoms with Crippen molar-refractivity contribution in [3.8, 4) is 5.75 Å². The Balaban J connectivity index is 1.67. The maximum absolute atomic E-state index is 13.5. The second-order valence-electron chi connectivity index (χ2n) is 5.38. The Bertz CT molecular complexity index is 630. The molecule has 1 N–H and O–H groups in total. The molecule has 1 saturated heterocycles. The van der Waals surface area contributed by atoms with Gasteiger partial charge in [0, 0.05) is 6.04 Å². The quantitative estimate of drug-likeness (QED) is 0.809. The fourth-order valence-electron chi connectivity index (χ4n) is 2.53. The predicted molar refractivity (Wildman–Crippen MR) is 73.3 cm³/mol. The molecule has 1 saturated carbocycles. The number of hydrogen-bond donors (Lipinski definition) is 1. The summed E-state index contributed by atoms with van der Waals surface area (Å²) in [5.41, 5.74) is 0. The van der Waals surface area contributed by atoms with E-state index < -0.39 is 23.7 Å². The normalized spacial score (nSPS) is 20.7. The molecule has 0 radical (unpaired) electrons. The van der Waals surface area contributed by atoms with Crippen LogP contribution in [-0.2, 0) is 14.4 Å². The van der Waals surface area contributed by atoms with Crippen LogP contribution in [0.5, 0.6) is 5.75 Å². The van der Waals surface area contributed by atoms with Gasteiger partial charge >= 0.3 is 0 Å². The Morgan fingerprint density at radius 1 is 1.32 bits per heavy atom. The maximum Gasteiger partial charge on any atom is 0.261 e. The van der Waals surface area contributed by atoms with E-state index in [4.69, 9.17) is 4.74 Å². The topological polar surface area (TPSA) is 75.7 Å². The fraction of sp³-hybridized carbons (Fsp3) is 0.400. The van der Waals surface area contributed by atoms with Gasteiger partial charge in [0.25, 0.3) is 5.91 Å². The molecule has 2 fully saturated rings. The summed E-state index contributed by atoms with van der Waals surface area (Å²) in [5, 5.41) is 2.20. The number of halogens is 1. The van der Waals surface area contributed by atoms with Gasteiger partial charge in [-0.25, -0.2) is 4.39 Å². The zero-order valence-corrected chi connectivity index (χ0v) is 11.8. The third-order valence-corrected chi connectivity index (χ3v) is 3.70. The van der Waals surface area contributed by atoms with Crippen LogP contribution < -0.4 is 10.1 Å². The molecule has 3 amide bonds. The van der Waals surface area contributed by atoms with E-state index in [1.54, 1.807) is 6.07 Å². The number of imide groups is 1. The molecule has 3 rings (SSSR count). The van der Waals surface area contributed by atoms with Crippen molar-refractivity contribution in [1.29, 1.82) is 0 Å². The zero-order chi connectivity index (χ0) is 15.7. The van der Waals surface area contributed by atoms with Crippen molar-refractivity contribution in [1.82, 2.24) is 10.2 Å². The van der Waals surface area contributed by atoms with Crippen LogP contribution in [-0.4, -0.2) is 41.3 Å². The van der Waals surface area contributed by atoms with Gasteiger partial charge in [0.1, 0.15) is 6.04 Å². The van der Waals surface area contributed by atoms with Gasteiger partial charge in [-0.05, 0) is 25.0 Å². The third-order valence-electron chi connectivity index (χ3n) is 3.70. The first-order chi connectivity index (χ1) is 10.6. The van der Waals surface area contributed by atoms with E-state index in [9.17, 15) is 18.8 Å². The van der Waals surface area contributed by atoms with Crippen molar-refractivity contribution in [3.63, 3.8) is 0 Å². The number of carbonyl (C=O) groups is 3. The summed E-state index contributed by atoms with van der Waals surface area (Å²) in [4.78, 5) is 36.8. The minimum absolute atomic E-state index is 0.0152. The summed E-state index contributed by atoms with van der Waals surface area (Å²) in [6.45, 7) is -0.366. The summed E-state index contributed by atoms with van der Waals surface area (Å²) in [6.07, 6.45) is 1.56. The third kappa shape index (κ3) is 2.93. The number of para-hydroxylation sites is 1. The lowest BCUT2D eigenvalue weighted by atomic mass is 10.2. The van der Waals surface area contributed by atoms with Gasteiger partial charge in [-0.1, -0.05) is 12.1 Å². The van der Waals surface area contributed by atoms with E-state index in [1.165, 1.54) is 23.1 Å². The van der Waals surface area contributed by atoms with Gasteiger partial charge in [0.05, 0.1) is 6.42 Å². The highest BCUT2D eigenvalue weighted by Gasteiger charge is 2.44. The van der Waals surface area contributed by atoms with Crippen molar-refractivity contribution in [2.75, 3.05) is 6.61 Å². The minimum Gasteiger partial charge on any atom is -0.481 e. The molecule has 1 aromatic carbocycles. The highest BCUT2D eigenvalue weighted by molar-refractivity contribution is 6.07. The van der Waals surface area contributed by atoms with Gasteiger partial charge in [-0.3, -0.25) is 19.7 Å². The number of ether oxygens (including phenoxy) is 1. The monoisotopic (exact) mass is 306 g/mol. The lowest BCUT2D eigenvalue weighted by Gasteiger charge is -2.26. The summed E-state index contributed by atoms with van der Waals surface area (Å²) in [7, 11) is 0. The standard InChI is InChI=1S/C15H15FN2O4/c16-10-3-1-2-4-12(10)22-8-14(20)18(9-5-6-9)11-7-13(19)17-15(11)21/h1-4,9,11H,5-8H2,(H,17,19,21). The summed E-state index contributed by atoms with van der Waals surface area (Å²) >= 11 is 0. The number of hydrogen-bond acceptors (Lipinski definition) is 4. The molecule has 1 aromatic rings. The predicted octanol–water partition coefficient (Wildman–Crippen LogP) is 0.611. The van der Waals surface area contributed by atoms with Crippen LogP contribution in [0.1, 0.15) is 19.3 Å². The maximum atomic E-state index is 13.5. The van der Waals surface area contributed by atoms with Crippen molar-refractivity contribution in [2.24, 2.45) is 0 Å². The van der Waals surface area contributed by atoms with Crippen LogP contribution in [0.4, 0.5) is 4.39 Å². The average molecular weight is 306 g/mol. The molecule has 22 heavy (non-hydrogen) atoms. The van der Waals surface area contributed by atoms with E-state index in [1.807, 2.05) is 0 Å². The van der Waals surface area contributed by atoms with Gasteiger partial charge in [-0.2, -0.15) is 0 Å². The first-order valence-corrected chi connectivity index (χ1v) is 7.08. The fourth-order valence-corrected chi connectivity index (χ4v) is 2.53. The summed E-state index contributed by atoms with van der Waals surface area (Å²) in [5.74, 6) is -1.83. The van der Waals surface area contributed by atoms with Crippen LogP contribution in [0.25, 0.3) is 0 Å². The van der Waals surface area contributed by atoms with Crippen LogP contribution in [0.3, 0.4) is 0 Å². The molecule has 116 valence electrons. The van der Waals surface area contributed by atoms with Crippen LogP contribution in [0.15, 0.2) is 24.3 Å². The Morgan fingerprint density at radius 2 is 2.05 bits per heavy atom. The van der Waals surface area contributed by atoms with E-state index in [-0.39, 0.29) is 30.7 Å². The molecule has 7 heteroatoms. The molecular weight excluding hydrogens is 291 g/mol. The van der Waals surface area contributed by atoms with Gasteiger partial charge < -0.3 is 9.64 Å². The highest BCUT2D eigenvalue weighted by atomic mass is 19.1. The lowest BCUT2D eigenvalue weighted by molar-refractivity contribution is -0.141. The molecule has 1 aliphatic heterocycles. The van der Waals surface area contributed by atoms with Crippen LogP contribution in [0, 0.1) is 5.82 Å². The van der Waals surface area contributed by atoms with Crippen LogP contribution >= 0.6 is 0 Å². The number of nitrogens with one attached hydrogen (secondary N) is 1. The second-order valence-corrected chi connectivity index (χ2v) is 5.38. The molecule has 1 unspecified atom stereocenters. The second kappa shape index (κ2) is 5.75. The Hall–Kier alpha value is -2.44. The van der Waals surface area contributed by atoms with Crippen LogP contribution in [0.2, 0.25) is 0 Å². The number of nitrogens with zero attached hydrogens (tertiary/aromatic N) is 1. The van der Waals surface area contributed by atoms with Gasteiger partial charge in [-0.15, -0.1) is 0 Å². The molecule has 1 aliphatic carbocycles. The van der Waals surface area contributed by atoms with E-state index in [0.29, 0.717) is 0 Å². The molecule has 2 aliphatic rings. The Kier molecular flexibility index (Phi) is 3.79. The van der Waals surface area contributed by atoms with Gasteiger partial charge in [0.2, 0.25) is 11.8 Å². The molecule has 1 heterocycles. The highest BCUT2D eigenvalue weighted by Crippen LogP contribution is 2.31.